The van der Waals surface area contributed by atoms with Crippen LogP contribution in [0.5, 0.6) is 0 Å². The number of halogens is 10. The Kier molecular flexibility index (Phi) is 15.1. The molecule has 6 rings (SSSR count). The topological polar surface area (TPSA) is 172 Å². The molecule has 0 aliphatic carbocycles. The first-order valence-corrected chi connectivity index (χ1v) is 19.2. The molecule has 12 nitrogen and oxygen atoms in total. The lowest BCUT2D eigenvalue weighted by Crippen LogP contribution is -2.41. The van der Waals surface area contributed by atoms with E-state index in [2.05, 4.69) is 30.9 Å². The highest BCUT2D eigenvalue weighted by molar-refractivity contribution is 9.10. The summed E-state index contributed by atoms with van der Waals surface area (Å²) in [6.07, 6.45) is -9.74. The predicted molar refractivity (Wildman–Crippen MR) is 217 cm³/mol. The number of hydrogen-bond acceptors (Lipinski definition) is 12. The average Bonchev–Trinajstić information content (AvgIpc) is 3.54. The van der Waals surface area contributed by atoms with Gasteiger partial charge in [-0.2, -0.15) is 39.5 Å². The Hall–Kier alpha value is -3.35. The molecule has 3 aliphatic rings. The Labute approximate surface area is 358 Å². The van der Waals surface area contributed by atoms with Gasteiger partial charge in [0.1, 0.15) is 17.5 Å². The number of rotatable bonds is 2. The molecular formula is C36H49B3BrF9N6O6. The molecule has 6 heterocycles. The minimum absolute atomic E-state index is 0.199. The van der Waals surface area contributed by atoms with Gasteiger partial charge in [0.05, 0.1) is 50.3 Å². The molecule has 0 radical (unpaired) electrons. The molecule has 3 aliphatic heterocycles. The van der Waals surface area contributed by atoms with Crippen LogP contribution in [0.1, 0.15) is 99.8 Å². The molecule has 3 saturated heterocycles. The molecule has 25 heteroatoms. The Balaban J connectivity index is 0.000000223. The van der Waals surface area contributed by atoms with E-state index < -0.39 is 85.0 Å². The minimum Gasteiger partial charge on any atom is -0.405 e. The monoisotopic (exact) mass is 944 g/mol. The fourth-order valence-electron chi connectivity index (χ4n) is 5.16. The molecule has 0 bridgehead atoms. The first-order chi connectivity index (χ1) is 27.2. The SMILES string of the molecule is CC1(C)OB(B2OC(C)(C)C(C)(C)O2)OC1(C)C.CC1(C)OB(c2cnc(N)c(C(F)(F)F)c2)OC1(C)C.Nc1ncc(Br)cc1C(F)(F)F.Nc1ncccc1C(F)(F)F. The summed E-state index contributed by atoms with van der Waals surface area (Å²) >= 11 is 2.87. The molecule has 0 spiro atoms. The van der Waals surface area contributed by atoms with Crippen LogP contribution in [0, 0.1) is 0 Å². The van der Waals surface area contributed by atoms with Crippen molar-refractivity contribution in [3.05, 3.63) is 64.0 Å². The van der Waals surface area contributed by atoms with Crippen LogP contribution in [-0.2, 0) is 46.5 Å². The predicted octanol–water partition coefficient (Wildman–Crippen LogP) is 8.36. The van der Waals surface area contributed by atoms with E-state index >= 15 is 0 Å². The van der Waals surface area contributed by atoms with E-state index in [0.717, 1.165) is 18.2 Å². The van der Waals surface area contributed by atoms with Crippen molar-refractivity contribution < 1.29 is 67.4 Å². The number of hydrogen-bond donors (Lipinski definition) is 3. The van der Waals surface area contributed by atoms with Crippen LogP contribution >= 0.6 is 15.9 Å². The molecule has 3 aromatic heterocycles. The second kappa shape index (κ2) is 17.7. The number of pyridine rings is 3. The summed E-state index contributed by atoms with van der Waals surface area (Å²) < 4.78 is 146. The molecule has 338 valence electrons. The molecule has 0 unspecified atom stereocenters. The third-order valence-electron chi connectivity index (χ3n) is 10.9. The van der Waals surface area contributed by atoms with Crippen LogP contribution in [0.25, 0.3) is 0 Å². The Morgan fingerprint density at radius 3 is 1.15 bits per heavy atom. The fraction of sp³-hybridized carbons (Fsp3) is 0.583. The van der Waals surface area contributed by atoms with Crippen molar-refractivity contribution in [2.75, 3.05) is 17.2 Å². The van der Waals surface area contributed by atoms with E-state index in [1.807, 2.05) is 83.1 Å². The van der Waals surface area contributed by atoms with Crippen molar-refractivity contribution in [1.82, 2.24) is 15.0 Å². The van der Waals surface area contributed by atoms with Crippen LogP contribution in [0.15, 0.2) is 47.3 Å². The summed E-state index contributed by atoms with van der Waals surface area (Å²) in [5.74, 6) is -1.55. The Morgan fingerprint density at radius 1 is 0.492 bits per heavy atom. The average molecular weight is 945 g/mol. The van der Waals surface area contributed by atoms with E-state index in [1.165, 1.54) is 24.7 Å². The minimum atomic E-state index is -4.56. The summed E-state index contributed by atoms with van der Waals surface area (Å²) in [4.78, 5) is 10.2. The molecule has 3 aromatic rings. The molecule has 0 saturated carbocycles. The van der Waals surface area contributed by atoms with Crippen LogP contribution in [-0.4, -0.2) is 69.7 Å². The first kappa shape index (κ1) is 52.0. The number of nitrogens with zero attached hydrogens (tertiary/aromatic N) is 3. The van der Waals surface area contributed by atoms with E-state index in [9.17, 15) is 39.5 Å². The van der Waals surface area contributed by atoms with Crippen LogP contribution in [0.4, 0.5) is 57.0 Å². The molecule has 0 atom stereocenters. The first-order valence-electron chi connectivity index (χ1n) is 18.4. The summed E-state index contributed by atoms with van der Waals surface area (Å²) in [5.41, 5.74) is 9.98. The Bertz CT molecular complexity index is 1930. The second-order valence-electron chi connectivity index (χ2n) is 17.1. The van der Waals surface area contributed by atoms with Gasteiger partial charge in [-0.15, -0.1) is 0 Å². The van der Waals surface area contributed by atoms with E-state index in [0.29, 0.717) is 0 Å². The molecule has 6 N–H and O–H groups in total. The van der Waals surface area contributed by atoms with Crippen molar-refractivity contribution in [2.45, 2.75) is 135 Å². The number of alkyl halides is 9. The highest BCUT2D eigenvalue weighted by Crippen LogP contribution is 2.43. The molecule has 0 aromatic carbocycles. The summed E-state index contributed by atoms with van der Waals surface area (Å²) in [6, 6.07) is 3.90. The van der Waals surface area contributed by atoms with Gasteiger partial charge < -0.3 is 45.1 Å². The maximum Gasteiger partial charge on any atom is 0.496 e. The number of anilines is 3. The fourth-order valence-corrected chi connectivity index (χ4v) is 5.49. The van der Waals surface area contributed by atoms with Crippen molar-refractivity contribution >= 4 is 60.0 Å². The van der Waals surface area contributed by atoms with Crippen LogP contribution in [0.3, 0.4) is 0 Å². The summed E-state index contributed by atoms with van der Waals surface area (Å²) in [7, 11) is -1.85. The van der Waals surface area contributed by atoms with Gasteiger partial charge in [0.15, 0.2) is 0 Å². The number of aromatic nitrogens is 3. The third-order valence-corrected chi connectivity index (χ3v) is 11.3. The normalized spacial score (nSPS) is 20.8. The van der Waals surface area contributed by atoms with Gasteiger partial charge in [-0.25, -0.2) is 15.0 Å². The highest BCUT2D eigenvalue weighted by atomic mass is 79.9. The zero-order valence-electron chi connectivity index (χ0n) is 35.6. The van der Waals surface area contributed by atoms with Crippen molar-refractivity contribution in [3.8, 4) is 0 Å². The zero-order chi connectivity index (χ0) is 47.2. The maximum absolute atomic E-state index is 12.8. The van der Waals surface area contributed by atoms with Gasteiger partial charge in [-0.3, -0.25) is 0 Å². The molecule has 3 fully saturated rings. The quantitative estimate of drug-likeness (QED) is 0.166. The van der Waals surface area contributed by atoms with Gasteiger partial charge in [0.2, 0.25) is 0 Å². The third kappa shape index (κ3) is 12.4. The Morgan fingerprint density at radius 2 is 0.820 bits per heavy atom. The van der Waals surface area contributed by atoms with Gasteiger partial charge in [-0.1, -0.05) is 0 Å². The molecular weight excluding hydrogens is 896 g/mol. The van der Waals surface area contributed by atoms with Crippen LogP contribution < -0.4 is 22.7 Å². The van der Waals surface area contributed by atoms with E-state index in [-0.39, 0.29) is 32.3 Å². The maximum atomic E-state index is 12.8. The lowest BCUT2D eigenvalue weighted by atomic mass is 9.49. The lowest BCUT2D eigenvalue weighted by molar-refractivity contribution is -0.138. The van der Waals surface area contributed by atoms with Gasteiger partial charge >= 0.3 is 39.7 Å². The van der Waals surface area contributed by atoms with Crippen LogP contribution in [0.2, 0.25) is 0 Å². The van der Waals surface area contributed by atoms with Crippen molar-refractivity contribution in [3.63, 3.8) is 0 Å². The van der Waals surface area contributed by atoms with Gasteiger partial charge in [-0.05, 0) is 123 Å². The lowest BCUT2D eigenvalue weighted by Gasteiger charge is -2.32. The number of nitrogen functional groups attached to an aromatic ring is 3. The van der Waals surface area contributed by atoms with Crippen molar-refractivity contribution in [2.24, 2.45) is 0 Å². The molecule has 0 amide bonds. The molecule has 61 heavy (non-hydrogen) atoms. The van der Waals surface area contributed by atoms with Crippen molar-refractivity contribution in [1.29, 1.82) is 0 Å². The highest BCUT2D eigenvalue weighted by Gasteiger charge is 2.63. The standard InChI is InChI=1S/C12H24B2O4.C12H16BF3N2O2.C6H4BrF3N2.C6H5F3N2/c1-9(2)10(3,4)16-13(15-9)14-17-11(5,6)12(7,8)18-14;1-10(2)11(3,4)20-13(19-10)7-5-8(12(14,15)16)9(17)18-6-7;7-3-1-4(6(8,9)10)5(11)12-2-3;7-6(8,9)4-2-1-3-11-5(4)10/h1-8H3;5-6H,1-4H3,(H2,17,18);1-2H,(H2,11,12);1-3H,(H2,10,11). The summed E-state index contributed by atoms with van der Waals surface area (Å²) in [6.45, 7) is 23.5. The van der Waals surface area contributed by atoms with E-state index in [4.69, 9.17) is 45.1 Å². The largest absolute Gasteiger partial charge is 0.496 e. The zero-order valence-corrected chi connectivity index (χ0v) is 37.2. The second-order valence-corrected chi connectivity index (χ2v) is 18.0. The summed E-state index contributed by atoms with van der Waals surface area (Å²) in [5, 5.41) is 0. The van der Waals surface area contributed by atoms with Gasteiger partial charge in [0.25, 0.3) is 0 Å². The smallest absolute Gasteiger partial charge is 0.405 e. The van der Waals surface area contributed by atoms with Gasteiger partial charge in [0, 0.05) is 28.5 Å². The number of nitrogens with two attached hydrogens (primary N) is 3. The van der Waals surface area contributed by atoms with E-state index in [1.54, 1.807) is 0 Å².